The first-order chi connectivity index (χ1) is 35.5. The van der Waals surface area contributed by atoms with Gasteiger partial charge in [0.15, 0.2) is 17.2 Å². The van der Waals surface area contributed by atoms with Gasteiger partial charge in [-0.3, -0.25) is 4.79 Å². The van der Waals surface area contributed by atoms with Crippen molar-refractivity contribution in [3.63, 3.8) is 0 Å². The first kappa shape index (κ1) is 51.4. The number of aromatic hydroxyl groups is 4. The number of cyclic esters (lactones) is 1. The zero-order valence-corrected chi connectivity index (χ0v) is 42.5. The fraction of sp³-hybridized carbons (Fsp3) is 0.589. The Labute approximate surface area is 431 Å². The second kappa shape index (κ2) is 17.7. The monoisotopic (exact) mass is 1040 g/mol. The number of phenolic OH excluding ortho intramolecular Hbond substituents is 4. The van der Waals surface area contributed by atoms with Crippen LogP contribution >= 0.6 is 0 Å². The number of hydrogen-bond acceptors (Lipinski definition) is 19. The third-order valence-electron chi connectivity index (χ3n) is 20.5. The van der Waals surface area contributed by atoms with Crippen LogP contribution in [0.3, 0.4) is 0 Å². The second-order valence-corrected chi connectivity index (χ2v) is 23.7. The number of fused-ring (bicyclic) bond motifs is 14. The van der Waals surface area contributed by atoms with Gasteiger partial charge in [0.25, 0.3) is 0 Å². The van der Waals surface area contributed by atoms with Gasteiger partial charge < -0.3 is 70.0 Å². The number of aromatic nitrogens is 2. The number of aliphatic hydroxyl groups is 6. The number of carbonyl (C=O) groups is 3. The topological polar surface area (TPSA) is 316 Å². The highest BCUT2D eigenvalue weighted by atomic mass is 16.7. The molecule has 1 saturated heterocycles. The van der Waals surface area contributed by atoms with Crippen LogP contribution in [0.4, 0.5) is 0 Å². The highest BCUT2D eigenvalue weighted by Crippen LogP contribution is 2.76. The number of esters is 3. The fourth-order valence-corrected chi connectivity index (χ4v) is 16.3. The van der Waals surface area contributed by atoms with Crippen molar-refractivity contribution < 1.29 is 84.4 Å². The molecule has 19 heteroatoms. The lowest BCUT2D eigenvalue weighted by atomic mass is 9.33. The van der Waals surface area contributed by atoms with E-state index in [9.17, 15) is 60.7 Å². The quantitative estimate of drug-likeness (QED) is 0.0428. The number of phenols is 4. The first-order valence-electron chi connectivity index (χ1n) is 26.1. The number of para-hydroxylation sites is 2. The Morgan fingerprint density at radius 2 is 1.48 bits per heavy atom. The Bertz CT molecular complexity index is 3070. The molecule has 7 aliphatic rings. The molecule has 0 bridgehead atoms. The molecule has 11 rings (SSSR count). The van der Waals surface area contributed by atoms with Crippen molar-refractivity contribution in [2.45, 2.75) is 129 Å². The summed E-state index contributed by atoms with van der Waals surface area (Å²) in [5.74, 6) is -7.46. The number of rotatable bonds is 4. The summed E-state index contributed by atoms with van der Waals surface area (Å²) in [5, 5.41) is 112. The smallest absolute Gasteiger partial charge is 0.339 e. The van der Waals surface area contributed by atoms with Crippen LogP contribution in [0.25, 0.3) is 33.2 Å². The normalized spacial score (nSPS) is 40.4. The number of allylic oxidation sites excluding steroid dienone is 2. The molecule has 10 N–H and O–H groups in total. The largest absolute Gasteiger partial charge is 0.505 e. The Hall–Kier alpha value is -5.67. The molecule has 3 aromatic carbocycles. The molecule has 17 atom stereocenters. The van der Waals surface area contributed by atoms with Crippen molar-refractivity contribution in [3.8, 4) is 34.1 Å². The van der Waals surface area contributed by atoms with E-state index in [-0.39, 0.29) is 41.1 Å². The Balaban J connectivity index is 0.989. The van der Waals surface area contributed by atoms with Crippen molar-refractivity contribution in [1.29, 1.82) is 0 Å². The van der Waals surface area contributed by atoms with Gasteiger partial charge in [-0.05, 0) is 121 Å². The van der Waals surface area contributed by atoms with E-state index >= 15 is 4.79 Å². The summed E-state index contributed by atoms with van der Waals surface area (Å²) in [6.07, 6.45) is -4.99. The minimum Gasteiger partial charge on any atom is -0.505 e. The molecule has 4 aromatic rings. The summed E-state index contributed by atoms with van der Waals surface area (Å²) < 4.78 is 24.2. The Kier molecular flexibility index (Phi) is 12.1. The maximum Gasteiger partial charge on any atom is 0.339 e. The molecule has 75 heavy (non-hydrogen) atoms. The number of hydrogen-bond donors (Lipinski definition) is 10. The molecule has 19 nitrogen and oxygen atoms in total. The predicted octanol–water partition coefficient (Wildman–Crippen LogP) is 4.89. The molecule has 2 aliphatic heterocycles. The standard InChI is InChI=1S/C56H66N2O17/c1-24-12-15-55(51(71)75-50-46(68)45(67)42(64)34(21-59)73-50)17-16-53(4)28(39(55)25(24)2)10-11-35-52(3)20-33(62)47-56(22-60,36(52)13-14-54(35,53)5)23-72-48(69)27-19-32(61)41(63)44(66)38(27)37-26(49(70)74-47)18-31-40(43(37)65)58-30-9-7-6-8-29(30)57-31/h6-10,18-19,24-25,33-36,39,42,45-47,50,59-68H,11-17,20-23H2,1-5H3/t24-,25+,33-,34-,35-,36-,39+,42-,45+,46-,47+,50+,52-,53-,54-,55+,56-/m1/s1. The summed E-state index contributed by atoms with van der Waals surface area (Å²) in [5.41, 5.74) is -4.81. The molecule has 0 spiro atoms. The summed E-state index contributed by atoms with van der Waals surface area (Å²) >= 11 is 0. The molecule has 5 aliphatic carbocycles. The molecular weight excluding hydrogens is 973 g/mol. The van der Waals surface area contributed by atoms with Crippen LogP contribution in [0.2, 0.25) is 0 Å². The molecule has 5 fully saturated rings. The van der Waals surface area contributed by atoms with E-state index < -0.39 is 159 Å². The van der Waals surface area contributed by atoms with Crippen LogP contribution in [0, 0.1) is 56.7 Å². The van der Waals surface area contributed by atoms with Crippen LogP contribution in [-0.4, -0.2) is 142 Å². The molecular formula is C56H66N2O17. The van der Waals surface area contributed by atoms with Crippen molar-refractivity contribution >= 4 is 40.0 Å². The SMILES string of the molecule is C[C@H]1[C@H](C)CC[C@]2(C(=O)O[C@@H]3O[C@H](CO)[C@@H](O)[C@H](O)[C@H]3O)CC[C@]3(C)C(=CC[C@@H]4[C@@]5(C)C[C@@H](O)[C@@H]6OC(=O)c7cc8nc9ccccc9nc8c(O)c7-c7c(cc(O)c(O)c7O)C(=O)OC[C@]6(CO)[C@@H]5CC[C@]43C)[C@H]12. The summed E-state index contributed by atoms with van der Waals surface area (Å²) in [6.45, 7) is 8.90. The van der Waals surface area contributed by atoms with E-state index in [1.54, 1.807) is 24.3 Å². The third-order valence-corrected chi connectivity index (χ3v) is 20.5. The van der Waals surface area contributed by atoms with Gasteiger partial charge in [0.2, 0.25) is 12.0 Å². The van der Waals surface area contributed by atoms with Crippen LogP contribution in [0.5, 0.6) is 23.0 Å². The number of carbonyl (C=O) groups excluding carboxylic acids is 3. The van der Waals surface area contributed by atoms with E-state index in [4.69, 9.17) is 18.9 Å². The number of aliphatic hydroxyl groups excluding tert-OH is 6. The number of ether oxygens (including phenoxy) is 4. The minimum atomic E-state index is -1.76. The number of nitrogens with zero attached hydrogens (tertiary/aromatic N) is 2. The van der Waals surface area contributed by atoms with Gasteiger partial charge in [-0.25, -0.2) is 19.6 Å². The average Bonchev–Trinajstić information content (AvgIpc) is 3.43. The second-order valence-electron chi connectivity index (χ2n) is 23.7. The zero-order chi connectivity index (χ0) is 53.6. The van der Waals surface area contributed by atoms with Gasteiger partial charge in [-0.2, -0.15) is 0 Å². The first-order valence-corrected chi connectivity index (χ1v) is 26.1. The molecule has 0 amide bonds. The third kappa shape index (κ3) is 7.06. The average molecular weight is 1040 g/mol. The van der Waals surface area contributed by atoms with Crippen LogP contribution in [-0.2, 0) is 23.7 Å². The van der Waals surface area contributed by atoms with Gasteiger partial charge in [-0.1, -0.05) is 58.4 Å². The maximum absolute atomic E-state index is 15.1. The number of benzene rings is 3. The highest BCUT2D eigenvalue weighted by molar-refractivity contribution is 6.11. The van der Waals surface area contributed by atoms with Crippen LogP contribution in [0.15, 0.2) is 48.0 Å². The van der Waals surface area contributed by atoms with Crippen molar-refractivity contribution in [2.24, 2.45) is 56.7 Å². The minimum absolute atomic E-state index is 0.000270. The molecule has 402 valence electrons. The van der Waals surface area contributed by atoms with E-state index in [0.717, 1.165) is 18.1 Å². The van der Waals surface area contributed by atoms with Crippen molar-refractivity contribution in [2.75, 3.05) is 19.8 Å². The lowest BCUT2D eigenvalue weighted by molar-refractivity contribution is -0.298. The lowest BCUT2D eigenvalue weighted by Gasteiger charge is -2.72. The van der Waals surface area contributed by atoms with Gasteiger partial charge in [-0.15, -0.1) is 0 Å². The van der Waals surface area contributed by atoms with Crippen molar-refractivity contribution in [1.82, 2.24) is 9.97 Å². The summed E-state index contributed by atoms with van der Waals surface area (Å²) in [6, 6.07) is 8.88. The van der Waals surface area contributed by atoms with Gasteiger partial charge in [0, 0.05) is 11.1 Å². The lowest BCUT2D eigenvalue weighted by Crippen LogP contribution is -2.70. The van der Waals surface area contributed by atoms with E-state index in [0.29, 0.717) is 49.6 Å². The maximum atomic E-state index is 15.1. The molecule has 0 unspecified atom stereocenters. The summed E-state index contributed by atoms with van der Waals surface area (Å²) in [4.78, 5) is 53.8. The van der Waals surface area contributed by atoms with E-state index in [2.05, 4.69) is 50.7 Å². The molecule has 3 heterocycles. The van der Waals surface area contributed by atoms with Crippen molar-refractivity contribution in [3.05, 3.63) is 59.2 Å². The molecule has 4 saturated carbocycles. The van der Waals surface area contributed by atoms with Gasteiger partial charge in [0.1, 0.15) is 42.6 Å². The Morgan fingerprint density at radius 1 is 0.787 bits per heavy atom. The van der Waals surface area contributed by atoms with E-state index in [1.807, 2.05) is 0 Å². The van der Waals surface area contributed by atoms with Crippen LogP contribution < -0.4 is 0 Å². The van der Waals surface area contributed by atoms with E-state index in [1.165, 1.54) is 6.07 Å². The summed E-state index contributed by atoms with van der Waals surface area (Å²) in [7, 11) is 0. The molecule has 0 radical (unpaired) electrons. The van der Waals surface area contributed by atoms with Gasteiger partial charge in [0.05, 0.1) is 57.8 Å². The Morgan fingerprint density at radius 3 is 2.19 bits per heavy atom. The molecule has 1 aromatic heterocycles. The van der Waals surface area contributed by atoms with Gasteiger partial charge >= 0.3 is 17.9 Å². The zero-order valence-electron chi connectivity index (χ0n) is 42.5. The predicted molar refractivity (Wildman–Crippen MR) is 265 cm³/mol. The highest BCUT2D eigenvalue weighted by Gasteiger charge is 2.73. The fourth-order valence-electron chi connectivity index (χ4n) is 16.3. The van der Waals surface area contributed by atoms with Crippen LogP contribution in [0.1, 0.15) is 107 Å².